The summed E-state index contributed by atoms with van der Waals surface area (Å²) in [7, 11) is 0. The Bertz CT molecular complexity index is 267. The number of hydrogen-bond donors (Lipinski definition) is 1. The normalized spacial score (nSPS) is 28.2. The largest absolute Gasteiger partial charge is 0.381 e. The minimum absolute atomic E-state index is 0.698. The van der Waals surface area contributed by atoms with E-state index in [-0.39, 0.29) is 0 Å². The van der Waals surface area contributed by atoms with Crippen molar-refractivity contribution in [2.45, 2.75) is 50.6 Å². The minimum atomic E-state index is 0.698. The molecule has 2 heterocycles. The van der Waals surface area contributed by atoms with Crippen LogP contribution in [-0.2, 0) is 4.74 Å². The van der Waals surface area contributed by atoms with Gasteiger partial charge in [0, 0.05) is 64.6 Å². The third-order valence-electron chi connectivity index (χ3n) is 5.33. The molecule has 1 aliphatic carbocycles. The van der Waals surface area contributed by atoms with Crippen LogP contribution in [0.1, 0.15) is 38.5 Å². The summed E-state index contributed by atoms with van der Waals surface area (Å²) >= 11 is 0. The molecule has 2 aliphatic heterocycles. The molecular weight excluding hydrogens is 250 g/mol. The van der Waals surface area contributed by atoms with Crippen molar-refractivity contribution in [2.75, 3.05) is 52.5 Å². The molecule has 4 heteroatoms. The Morgan fingerprint density at radius 3 is 2.30 bits per heavy atom. The lowest BCUT2D eigenvalue weighted by atomic mass is 10.1. The molecule has 3 rings (SSSR count). The van der Waals surface area contributed by atoms with Crippen molar-refractivity contribution in [1.82, 2.24) is 15.1 Å². The highest BCUT2D eigenvalue weighted by atomic mass is 16.5. The van der Waals surface area contributed by atoms with Gasteiger partial charge in [-0.2, -0.15) is 0 Å². The maximum atomic E-state index is 5.40. The van der Waals surface area contributed by atoms with Gasteiger partial charge in [0.2, 0.25) is 0 Å². The molecule has 0 unspecified atom stereocenters. The van der Waals surface area contributed by atoms with E-state index in [0.717, 1.165) is 25.8 Å². The van der Waals surface area contributed by atoms with Crippen molar-refractivity contribution in [1.29, 1.82) is 0 Å². The molecule has 3 fully saturated rings. The Morgan fingerprint density at radius 1 is 0.900 bits per heavy atom. The second-order valence-electron chi connectivity index (χ2n) is 6.66. The number of ether oxygens (including phenoxy) is 1. The van der Waals surface area contributed by atoms with Crippen molar-refractivity contribution in [3.05, 3.63) is 0 Å². The molecule has 0 atom stereocenters. The van der Waals surface area contributed by atoms with Gasteiger partial charge in [0.1, 0.15) is 0 Å². The molecule has 3 aliphatic rings. The maximum absolute atomic E-state index is 5.40. The molecule has 1 saturated carbocycles. The first-order chi connectivity index (χ1) is 9.92. The smallest absolute Gasteiger partial charge is 0.0480 e. The molecule has 4 nitrogen and oxygen atoms in total. The van der Waals surface area contributed by atoms with Crippen molar-refractivity contribution >= 4 is 0 Å². The van der Waals surface area contributed by atoms with Crippen molar-refractivity contribution < 1.29 is 4.74 Å². The fourth-order valence-electron chi connectivity index (χ4n) is 3.95. The molecular formula is C16H31N3O. The van der Waals surface area contributed by atoms with Crippen molar-refractivity contribution in [3.63, 3.8) is 0 Å². The summed E-state index contributed by atoms with van der Waals surface area (Å²) < 4.78 is 5.40. The van der Waals surface area contributed by atoms with Crippen LogP contribution in [0, 0.1) is 0 Å². The highest BCUT2D eigenvalue weighted by Gasteiger charge is 2.25. The van der Waals surface area contributed by atoms with E-state index in [1.54, 1.807) is 0 Å². The van der Waals surface area contributed by atoms with E-state index in [2.05, 4.69) is 15.1 Å². The lowest BCUT2D eigenvalue weighted by Gasteiger charge is -2.38. The van der Waals surface area contributed by atoms with E-state index < -0.39 is 0 Å². The molecule has 2 saturated heterocycles. The van der Waals surface area contributed by atoms with Gasteiger partial charge in [-0.05, 0) is 25.7 Å². The van der Waals surface area contributed by atoms with Crippen LogP contribution in [0.15, 0.2) is 0 Å². The summed E-state index contributed by atoms with van der Waals surface area (Å²) in [5, 5.41) is 3.70. The van der Waals surface area contributed by atoms with Gasteiger partial charge in [0.25, 0.3) is 0 Å². The second-order valence-corrected chi connectivity index (χ2v) is 6.66. The van der Waals surface area contributed by atoms with Crippen LogP contribution >= 0.6 is 0 Å². The van der Waals surface area contributed by atoms with Crippen LogP contribution in [0.2, 0.25) is 0 Å². The van der Waals surface area contributed by atoms with Crippen LogP contribution < -0.4 is 5.32 Å². The van der Waals surface area contributed by atoms with Crippen LogP contribution in [0.5, 0.6) is 0 Å². The lowest BCUT2D eigenvalue weighted by Crippen LogP contribution is -2.51. The van der Waals surface area contributed by atoms with Gasteiger partial charge in [0.05, 0.1) is 0 Å². The molecule has 0 aromatic heterocycles. The average Bonchev–Trinajstić information content (AvgIpc) is 3.03. The van der Waals surface area contributed by atoms with E-state index in [1.807, 2.05) is 0 Å². The van der Waals surface area contributed by atoms with Gasteiger partial charge >= 0.3 is 0 Å². The zero-order chi connectivity index (χ0) is 13.6. The van der Waals surface area contributed by atoms with Crippen LogP contribution in [0.25, 0.3) is 0 Å². The lowest BCUT2D eigenvalue weighted by molar-refractivity contribution is 0.0739. The molecule has 0 aromatic rings. The Balaban J connectivity index is 1.28. The molecule has 0 amide bonds. The molecule has 0 spiro atoms. The maximum Gasteiger partial charge on any atom is 0.0480 e. The summed E-state index contributed by atoms with van der Waals surface area (Å²) in [6, 6.07) is 1.61. The zero-order valence-electron chi connectivity index (χ0n) is 12.9. The minimum Gasteiger partial charge on any atom is -0.381 e. The second kappa shape index (κ2) is 7.74. The number of piperazine rings is 1. The van der Waals surface area contributed by atoms with Crippen molar-refractivity contribution in [2.24, 2.45) is 0 Å². The topological polar surface area (TPSA) is 27.7 Å². The highest BCUT2D eigenvalue weighted by Crippen LogP contribution is 2.24. The van der Waals surface area contributed by atoms with Gasteiger partial charge in [0.15, 0.2) is 0 Å². The Labute approximate surface area is 123 Å². The predicted molar refractivity (Wildman–Crippen MR) is 82.1 cm³/mol. The third kappa shape index (κ3) is 4.17. The van der Waals surface area contributed by atoms with Gasteiger partial charge in [-0.1, -0.05) is 12.8 Å². The van der Waals surface area contributed by atoms with E-state index in [4.69, 9.17) is 4.74 Å². The van der Waals surface area contributed by atoms with Gasteiger partial charge in [-0.15, -0.1) is 0 Å². The molecule has 116 valence electrons. The quantitative estimate of drug-likeness (QED) is 0.822. The van der Waals surface area contributed by atoms with E-state index in [1.165, 1.54) is 71.2 Å². The molecule has 0 radical (unpaired) electrons. The summed E-state index contributed by atoms with van der Waals surface area (Å²) in [6.07, 6.45) is 8.20. The molecule has 0 bridgehead atoms. The number of nitrogens with zero attached hydrogens (tertiary/aromatic N) is 2. The van der Waals surface area contributed by atoms with Gasteiger partial charge < -0.3 is 10.1 Å². The summed E-state index contributed by atoms with van der Waals surface area (Å²) in [5.74, 6) is 0. The van der Waals surface area contributed by atoms with Crippen LogP contribution in [-0.4, -0.2) is 74.4 Å². The number of rotatable bonds is 5. The summed E-state index contributed by atoms with van der Waals surface area (Å²) in [4.78, 5) is 5.38. The third-order valence-corrected chi connectivity index (χ3v) is 5.33. The summed E-state index contributed by atoms with van der Waals surface area (Å²) in [6.45, 7) is 9.38. The molecule has 1 N–H and O–H groups in total. The van der Waals surface area contributed by atoms with E-state index in [9.17, 15) is 0 Å². The first-order valence-corrected chi connectivity index (χ1v) is 8.69. The van der Waals surface area contributed by atoms with Crippen LogP contribution in [0.4, 0.5) is 0 Å². The first kappa shape index (κ1) is 14.8. The van der Waals surface area contributed by atoms with E-state index in [0.29, 0.717) is 6.04 Å². The van der Waals surface area contributed by atoms with Crippen LogP contribution in [0.3, 0.4) is 0 Å². The predicted octanol–water partition coefficient (Wildman–Crippen LogP) is 1.32. The van der Waals surface area contributed by atoms with E-state index >= 15 is 0 Å². The van der Waals surface area contributed by atoms with Crippen molar-refractivity contribution in [3.8, 4) is 0 Å². The molecule has 0 aromatic carbocycles. The van der Waals surface area contributed by atoms with Gasteiger partial charge in [-0.3, -0.25) is 9.80 Å². The summed E-state index contributed by atoms with van der Waals surface area (Å²) in [5.41, 5.74) is 0. The fourth-order valence-corrected chi connectivity index (χ4v) is 3.95. The fraction of sp³-hybridized carbons (Fsp3) is 1.00. The standard InChI is InChI=1S/C16H31N3O/c1-2-4-16(3-1)19-11-9-18(10-12-19)8-7-17-15-5-13-20-14-6-15/h15-17H,1-14H2. The Morgan fingerprint density at radius 2 is 1.60 bits per heavy atom. The Kier molecular flexibility index (Phi) is 5.71. The van der Waals surface area contributed by atoms with Gasteiger partial charge in [-0.25, -0.2) is 0 Å². The monoisotopic (exact) mass is 281 g/mol. The average molecular weight is 281 g/mol. The Hall–Kier alpha value is -0.160. The highest BCUT2D eigenvalue weighted by molar-refractivity contribution is 4.82. The SMILES string of the molecule is C1CCC(N2CCN(CCNC3CCOCC3)CC2)C1. The number of hydrogen-bond acceptors (Lipinski definition) is 4. The zero-order valence-corrected chi connectivity index (χ0v) is 12.9. The first-order valence-electron chi connectivity index (χ1n) is 8.69. The molecule has 20 heavy (non-hydrogen) atoms. The number of nitrogens with one attached hydrogen (secondary N) is 1.